The molecule has 0 atom stereocenters. The molecule has 27 heavy (non-hydrogen) atoms. The van der Waals surface area contributed by atoms with Crippen LogP contribution in [-0.2, 0) is 17.5 Å². The highest BCUT2D eigenvalue weighted by molar-refractivity contribution is 5.81. The number of carbonyl (C=O) groups excluding carboxylic acids is 1. The van der Waals surface area contributed by atoms with Crippen LogP contribution >= 0.6 is 0 Å². The second kappa shape index (κ2) is 10.2. The summed E-state index contributed by atoms with van der Waals surface area (Å²) >= 11 is 0. The second-order valence-corrected chi connectivity index (χ2v) is 6.62. The van der Waals surface area contributed by atoms with E-state index in [4.69, 9.17) is 0 Å². The van der Waals surface area contributed by atoms with Gasteiger partial charge in [-0.1, -0.05) is 25.0 Å². The van der Waals surface area contributed by atoms with Gasteiger partial charge in [-0.2, -0.15) is 13.2 Å². The van der Waals surface area contributed by atoms with Crippen LogP contribution in [0.2, 0.25) is 0 Å². The Morgan fingerprint density at radius 2 is 1.81 bits per heavy atom. The van der Waals surface area contributed by atoms with Crippen LogP contribution in [0.3, 0.4) is 0 Å². The molecule has 1 amide bonds. The van der Waals surface area contributed by atoms with E-state index in [2.05, 4.69) is 20.9 Å². The van der Waals surface area contributed by atoms with Crippen molar-refractivity contribution >= 4 is 11.9 Å². The lowest BCUT2D eigenvalue weighted by molar-refractivity contribution is -0.137. The molecule has 0 spiro atoms. The lowest BCUT2D eigenvalue weighted by Crippen LogP contribution is -2.40. The third-order valence-corrected chi connectivity index (χ3v) is 4.41. The largest absolute Gasteiger partial charge is 0.416 e. The molecule has 0 bridgehead atoms. The number of nitrogens with one attached hydrogen (secondary N) is 3. The molecular weight excluding hydrogens is 357 g/mol. The third kappa shape index (κ3) is 7.48. The van der Waals surface area contributed by atoms with Crippen LogP contribution < -0.4 is 16.0 Å². The van der Waals surface area contributed by atoms with Gasteiger partial charge in [-0.3, -0.25) is 4.79 Å². The summed E-state index contributed by atoms with van der Waals surface area (Å²) in [5.41, 5.74) is 0.00714. The zero-order valence-corrected chi connectivity index (χ0v) is 15.5. The molecule has 1 fully saturated rings. The van der Waals surface area contributed by atoms with Gasteiger partial charge >= 0.3 is 6.18 Å². The van der Waals surface area contributed by atoms with Gasteiger partial charge in [-0.15, -0.1) is 0 Å². The summed E-state index contributed by atoms with van der Waals surface area (Å²) in [6.45, 7) is 3.26. The number of guanidine groups is 1. The van der Waals surface area contributed by atoms with Crippen molar-refractivity contribution in [2.45, 2.75) is 57.8 Å². The average molecular weight is 384 g/mol. The molecule has 3 N–H and O–H groups in total. The van der Waals surface area contributed by atoms with E-state index in [1.807, 2.05) is 6.92 Å². The molecule has 1 aromatic rings. The molecule has 5 nitrogen and oxygen atoms in total. The van der Waals surface area contributed by atoms with E-state index in [0.29, 0.717) is 37.1 Å². The topological polar surface area (TPSA) is 65.5 Å². The van der Waals surface area contributed by atoms with E-state index in [0.717, 1.165) is 25.0 Å². The smallest absolute Gasteiger partial charge is 0.357 e. The third-order valence-electron chi connectivity index (χ3n) is 4.41. The van der Waals surface area contributed by atoms with E-state index in [1.54, 1.807) is 0 Å². The van der Waals surface area contributed by atoms with Crippen LogP contribution in [0.1, 0.15) is 50.2 Å². The Balaban J connectivity index is 1.80. The van der Waals surface area contributed by atoms with Gasteiger partial charge in [0.1, 0.15) is 0 Å². The summed E-state index contributed by atoms with van der Waals surface area (Å²) in [5, 5.41) is 9.17. The maximum Gasteiger partial charge on any atom is 0.416 e. The van der Waals surface area contributed by atoms with Gasteiger partial charge in [0.15, 0.2) is 5.96 Å². The molecule has 150 valence electrons. The van der Waals surface area contributed by atoms with Crippen LogP contribution in [0.4, 0.5) is 13.2 Å². The Bertz CT molecular complexity index is 623. The van der Waals surface area contributed by atoms with Gasteiger partial charge in [0, 0.05) is 25.6 Å². The fourth-order valence-corrected chi connectivity index (χ4v) is 2.98. The summed E-state index contributed by atoms with van der Waals surface area (Å²) in [6.07, 6.45) is 0.458. The van der Waals surface area contributed by atoms with Crippen molar-refractivity contribution in [3.8, 4) is 0 Å². The molecule has 1 saturated carbocycles. The Hall–Kier alpha value is -2.25. The van der Waals surface area contributed by atoms with Crippen molar-refractivity contribution in [1.82, 2.24) is 16.0 Å². The van der Waals surface area contributed by atoms with E-state index in [1.165, 1.54) is 25.0 Å². The molecule has 1 aromatic carbocycles. The molecule has 0 heterocycles. The minimum Gasteiger partial charge on any atom is -0.357 e. The molecule has 1 aliphatic carbocycles. The number of nitrogens with zero attached hydrogens (tertiary/aromatic N) is 1. The standard InChI is InChI=1S/C19H27F3N4O/c1-2-23-18(24-12-11-17(27)26-16-5-3-4-6-16)25-13-14-7-9-15(10-8-14)19(20,21)22/h7-10,16H,2-6,11-13H2,1H3,(H,26,27)(H2,23,24,25). The molecule has 2 rings (SSSR count). The zero-order valence-electron chi connectivity index (χ0n) is 15.5. The predicted octanol–water partition coefficient (Wildman–Crippen LogP) is 3.21. The lowest BCUT2D eigenvalue weighted by Gasteiger charge is -2.14. The average Bonchev–Trinajstić information content (AvgIpc) is 3.12. The van der Waals surface area contributed by atoms with Gasteiger partial charge in [-0.05, 0) is 37.5 Å². The van der Waals surface area contributed by atoms with E-state index in [-0.39, 0.29) is 12.5 Å². The predicted molar refractivity (Wildman–Crippen MR) is 99.3 cm³/mol. The normalized spacial score (nSPS) is 15.6. The van der Waals surface area contributed by atoms with Crippen molar-refractivity contribution in [2.24, 2.45) is 4.99 Å². The monoisotopic (exact) mass is 384 g/mol. The SMILES string of the molecule is CCNC(=NCc1ccc(C(F)(F)F)cc1)NCCC(=O)NC1CCCC1. The van der Waals surface area contributed by atoms with E-state index >= 15 is 0 Å². The molecule has 0 saturated heterocycles. The second-order valence-electron chi connectivity index (χ2n) is 6.62. The van der Waals surface area contributed by atoms with Crippen molar-refractivity contribution < 1.29 is 18.0 Å². The molecular formula is C19H27F3N4O. The number of halogens is 3. The zero-order chi connectivity index (χ0) is 19.7. The highest BCUT2D eigenvalue weighted by atomic mass is 19.4. The number of hydrogen-bond acceptors (Lipinski definition) is 2. The van der Waals surface area contributed by atoms with Crippen LogP contribution in [0.15, 0.2) is 29.3 Å². The summed E-state index contributed by atoms with van der Waals surface area (Å²) in [6, 6.07) is 5.26. The van der Waals surface area contributed by atoms with Crippen LogP contribution in [0.25, 0.3) is 0 Å². The quantitative estimate of drug-likeness (QED) is 0.500. The van der Waals surface area contributed by atoms with Crippen molar-refractivity contribution in [3.05, 3.63) is 35.4 Å². The first-order valence-electron chi connectivity index (χ1n) is 9.36. The van der Waals surface area contributed by atoms with E-state index in [9.17, 15) is 18.0 Å². The minimum atomic E-state index is -4.34. The highest BCUT2D eigenvalue weighted by Gasteiger charge is 2.29. The Morgan fingerprint density at radius 3 is 2.41 bits per heavy atom. The Labute approximate surface area is 157 Å². The van der Waals surface area contributed by atoms with Gasteiger partial charge < -0.3 is 16.0 Å². The number of hydrogen-bond donors (Lipinski definition) is 3. The number of amides is 1. The van der Waals surface area contributed by atoms with Crippen molar-refractivity contribution in [1.29, 1.82) is 0 Å². The molecule has 0 aromatic heterocycles. The number of alkyl halides is 3. The van der Waals surface area contributed by atoms with Gasteiger partial charge in [-0.25, -0.2) is 4.99 Å². The first-order valence-corrected chi connectivity index (χ1v) is 9.36. The minimum absolute atomic E-state index is 0.0213. The van der Waals surface area contributed by atoms with Gasteiger partial charge in [0.2, 0.25) is 5.91 Å². The number of rotatable bonds is 7. The number of carbonyl (C=O) groups is 1. The Morgan fingerprint density at radius 1 is 1.15 bits per heavy atom. The first kappa shape index (κ1) is 21.1. The Kier molecular flexibility index (Phi) is 7.94. The summed E-state index contributed by atoms with van der Waals surface area (Å²) in [5.74, 6) is 0.555. The molecule has 8 heteroatoms. The van der Waals surface area contributed by atoms with Crippen LogP contribution in [0.5, 0.6) is 0 Å². The van der Waals surface area contributed by atoms with E-state index < -0.39 is 11.7 Å². The highest BCUT2D eigenvalue weighted by Crippen LogP contribution is 2.29. The number of benzene rings is 1. The summed E-state index contributed by atoms with van der Waals surface area (Å²) < 4.78 is 37.8. The molecule has 0 radical (unpaired) electrons. The van der Waals surface area contributed by atoms with Crippen LogP contribution in [-0.4, -0.2) is 31.0 Å². The molecule has 1 aliphatic rings. The maximum absolute atomic E-state index is 12.6. The summed E-state index contributed by atoms with van der Waals surface area (Å²) in [4.78, 5) is 16.3. The van der Waals surface area contributed by atoms with Crippen molar-refractivity contribution in [3.63, 3.8) is 0 Å². The lowest BCUT2D eigenvalue weighted by atomic mass is 10.1. The first-order chi connectivity index (χ1) is 12.9. The molecule has 0 aliphatic heterocycles. The van der Waals surface area contributed by atoms with Gasteiger partial charge in [0.05, 0.1) is 12.1 Å². The fourth-order valence-electron chi connectivity index (χ4n) is 2.98. The molecule has 0 unspecified atom stereocenters. The fraction of sp³-hybridized carbons (Fsp3) is 0.579. The van der Waals surface area contributed by atoms with Crippen LogP contribution in [0, 0.1) is 0 Å². The summed E-state index contributed by atoms with van der Waals surface area (Å²) in [7, 11) is 0. The van der Waals surface area contributed by atoms with Crippen molar-refractivity contribution in [2.75, 3.05) is 13.1 Å². The van der Waals surface area contributed by atoms with Gasteiger partial charge in [0.25, 0.3) is 0 Å². The maximum atomic E-state index is 12.6. The number of aliphatic imine (C=N–C) groups is 1.